The zero-order valence-electron chi connectivity index (χ0n) is 18.9. The Balaban J connectivity index is 1.61. The van der Waals surface area contributed by atoms with Crippen LogP contribution in [-0.2, 0) is 6.54 Å². The summed E-state index contributed by atoms with van der Waals surface area (Å²) in [5, 5.41) is 26.0. The van der Waals surface area contributed by atoms with Crippen molar-refractivity contribution in [1.82, 2.24) is 24.3 Å². The van der Waals surface area contributed by atoms with Gasteiger partial charge in [-0.15, -0.1) is 0 Å². The van der Waals surface area contributed by atoms with E-state index < -0.39 is 11.9 Å². The number of hydrogen-bond acceptors (Lipinski definition) is 7. The number of aliphatic hydroxyl groups excluding tert-OH is 2. The Morgan fingerprint density at radius 3 is 2.71 bits per heavy atom. The summed E-state index contributed by atoms with van der Waals surface area (Å²) >= 11 is 5.79. The molecule has 182 valence electrons. The number of rotatable bonds is 9. The first-order chi connectivity index (χ1) is 16.9. The molecule has 0 spiro atoms. The van der Waals surface area contributed by atoms with E-state index in [-0.39, 0.29) is 30.2 Å². The molecular formula is C24H24ClFN6O3. The number of benzene rings is 1. The maximum absolute atomic E-state index is 14.0. The lowest BCUT2D eigenvalue weighted by atomic mass is 10.0. The fourth-order valence-corrected chi connectivity index (χ4v) is 3.89. The molecule has 0 bridgehead atoms. The highest BCUT2D eigenvalue weighted by Gasteiger charge is 2.17. The van der Waals surface area contributed by atoms with E-state index in [0.717, 1.165) is 5.69 Å². The number of aryl methyl sites for hydroxylation is 1. The zero-order valence-corrected chi connectivity index (χ0v) is 19.7. The molecule has 0 saturated carbocycles. The summed E-state index contributed by atoms with van der Waals surface area (Å²) in [6.07, 6.45) is 5.16. The molecule has 4 aromatic rings. The molecule has 11 heteroatoms. The molecule has 0 unspecified atom stereocenters. The van der Waals surface area contributed by atoms with E-state index >= 15 is 0 Å². The SMILES string of the molecule is Cc1nn(CCO)cc1Nc1nccc(-c2ccn([C@H](CCO)c3ccc(Cl)c(F)c3)c(=O)c2)n1. The van der Waals surface area contributed by atoms with Crippen molar-refractivity contribution < 1.29 is 14.6 Å². The molecule has 3 aromatic heterocycles. The van der Waals surface area contributed by atoms with Gasteiger partial charge < -0.3 is 20.1 Å². The van der Waals surface area contributed by atoms with E-state index in [1.165, 1.54) is 22.8 Å². The highest BCUT2D eigenvalue weighted by Crippen LogP contribution is 2.26. The van der Waals surface area contributed by atoms with Crippen molar-refractivity contribution in [3.63, 3.8) is 0 Å². The number of aromatic nitrogens is 5. The van der Waals surface area contributed by atoms with E-state index in [2.05, 4.69) is 20.4 Å². The molecule has 1 atom stereocenters. The molecule has 0 radical (unpaired) electrons. The van der Waals surface area contributed by atoms with Crippen molar-refractivity contribution in [1.29, 1.82) is 0 Å². The maximum Gasteiger partial charge on any atom is 0.251 e. The molecule has 0 aliphatic rings. The largest absolute Gasteiger partial charge is 0.396 e. The average molecular weight is 499 g/mol. The minimum atomic E-state index is -0.588. The number of nitrogens with zero attached hydrogens (tertiary/aromatic N) is 5. The molecular weight excluding hydrogens is 475 g/mol. The van der Waals surface area contributed by atoms with Gasteiger partial charge in [0.2, 0.25) is 5.95 Å². The van der Waals surface area contributed by atoms with Crippen molar-refractivity contribution in [3.05, 3.63) is 87.4 Å². The minimum absolute atomic E-state index is 0.0108. The normalized spacial score (nSPS) is 12.0. The molecule has 0 aliphatic carbocycles. The van der Waals surface area contributed by atoms with E-state index in [1.807, 2.05) is 6.92 Å². The van der Waals surface area contributed by atoms with Gasteiger partial charge in [0.15, 0.2) is 0 Å². The second-order valence-electron chi connectivity index (χ2n) is 7.87. The molecule has 3 heterocycles. The quantitative estimate of drug-likeness (QED) is 0.324. The van der Waals surface area contributed by atoms with Gasteiger partial charge in [-0.2, -0.15) is 5.10 Å². The van der Waals surface area contributed by atoms with Crippen LogP contribution in [0.15, 0.2) is 59.8 Å². The molecule has 9 nitrogen and oxygen atoms in total. The monoisotopic (exact) mass is 498 g/mol. The Morgan fingerprint density at radius 2 is 2.00 bits per heavy atom. The van der Waals surface area contributed by atoms with Crippen LogP contribution in [0, 0.1) is 12.7 Å². The maximum atomic E-state index is 14.0. The van der Waals surface area contributed by atoms with Crippen molar-refractivity contribution in [2.45, 2.75) is 25.9 Å². The lowest BCUT2D eigenvalue weighted by molar-refractivity contribution is 0.266. The van der Waals surface area contributed by atoms with Crippen LogP contribution < -0.4 is 10.9 Å². The number of hydrogen-bond donors (Lipinski definition) is 3. The van der Waals surface area contributed by atoms with Crippen molar-refractivity contribution in [2.75, 3.05) is 18.5 Å². The third-order valence-electron chi connectivity index (χ3n) is 5.49. The van der Waals surface area contributed by atoms with Crippen molar-refractivity contribution in [3.8, 4) is 11.3 Å². The van der Waals surface area contributed by atoms with Crippen LogP contribution in [-0.4, -0.2) is 47.7 Å². The predicted octanol–water partition coefficient (Wildman–Crippen LogP) is 3.31. The summed E-state index contributed by atoms with van der Waals surface area (Å²) < 4.78 is 17.1. The van der Waals surface area contributed by atoms with Crippen molar-refractivity contribution >= 4 is 23.2 Å². The highest BCUT2D eigenvalue weighted by molar-refractivity contribution is 6.30. The smallest absolute Gasteiger partial charge is 0.251 e. The van der Waals surface area contributed by atoms with E-state index in [0.29, 0.717) is 35.0 Å². The Morgan fingerprint density at radius 1 is 1.17 bits per heavy atom. The molecule has 4 rings (SSSR count). The first kappa shape index (κ1) is 24.5. The fourth-order valence-electron chi connectivity index (χ4n) is 3.77. The highest BCUT2D eigenvalue weighted by atomic mass is 35.5. The van der Waals surface area contributed by atoms with Gasteiger partial charge in [-0.25, -0.2) is 14.4 Å². The first-order valence-electron chi connectivity index (χ1n) is 10.9. The van der Waals surface area contributed by atoms with Gasteiger partial charge in [-0.05, 0) is 43.2 Å². The minimum Gasteiger partial charge on any atom is -0.396 e. The summed E-state index contributed by atoms with van der Waals surface area (Å²) in [6.45, 7) is 2.00. The predicted molar refractivity (Wildman–Crippen MR) is 130 cm³/mol. The van der Waals surface area contributed by atoms with E-state index in [4.69, 9.17) is 16.7 Å². The standard InChI is InChI=1S/C24H24ClFN6O3/c1-15-21(14-31(30-15)9-11-34)29-24-27-7-4-20(28-24)16-5-8-32(23(35)13-16)22(6-10-33)17-2-3-18(25)19(26)12-17/h2-5,7-8,12-14,22,33-34H,6,9-11H2,1H3,(H,27,28,29)/t22-/m1/s1. The van der Waals surface area contributed by atoms with E-state index in [9.17, 15) is 14.3 Å². The van der Waals surface area contributed by atoms with Crippen LogP contribution >= 0.6 is 11.6 Å². The van der Waals surface area contributed by atoms with Crippen LogP contribution in [0.4, 0.5) is 16.0 Å². The fraction of sp³-hybridized carbons (Fsp3) is 0.250. The molecule has 1 aromatic carbocycles. The van der Waals surface area contributed by atoms with Gasteiger partial charge in [0.05, 0.1) is 41.3 Å². The van der Waals surface area contributed by atoms with Crippen molar-refractivity contribution in [2.24, 2.45) is 0 Å². The second-order valence-corrected chi connectivity index (χ2v) is 8.28. The summed E-state index contributed by atoms with van der Waals surface area (Å²) in [7, 11) is 0. The Hall–Kier alpha value is -3.60. The number of aliphatic hydroxyl groups is 2. The Kier molecular flexibility index (Phi) is 7.54. The summed E-state index contributed by atoms with van der Waals surface area (Å²) in [4.78, 5) is 21.8. The van der Waals surface area contributed by atoms with Gasteiger partial charge in [-0.1, -0.05) is 17.7 Å². The van der Waals surface area contributed by atoms with Crippen LogP contribution in [0.5, 0.6) is 0 Å². The molecule has 0 fully saturated rings. The summed E-state index contributed by atoms with van der Waals surface area (Å²) in [6, 6.07) is 8.64. The van der Waals surface area contributed by atoms with Crippen LogP contribution in [0.1, 0.15) is 23.7 Å². The average Bonchev–Trinajstić information content (AvgIpc) is 3.18. The van der Waals surface area contributed by atoms with Gasteiger partial charge in [0.25, 0.3) is 5.56 Å². The van der Waals surface area contributed by atoms with Gasteiger partial charge >= 0.3 is 0 Å². The molecule has 35 heavy (non-hydrogen) atoms. The molecule has 0 saturated heterocycles. The number of pyridine rings is 1. The number of nitrogens with one attached hydrogen (secondary N) is 1. The van der Waals surface area contributed by atoms with Crippen LogP contribution in [0.25, 0.3) is 11.3 Å². The zero-order chi connectivity index (χ0) is 24.9. The lowest BCUT2D eigenvalue weighted by Crippen LogP contribution is -2.25. The van der Waals surface area contributed by atoms with Crippen LogP contribution in [0.2, 0.25) is 5.02 Å². The van der Waals surface area contributed by atoms with Gasteiger partial charge in [0, 0.05) is 36.8 Å². The number of anilines is 2. The first-order valence-corrected chi connectivity index (χ1v) is 11.3. The summed E-state index contributed by atoms with van der Waals surface area (Å²) in [5.41, 5.74) is 2.74. The van der Waals surface area contributed by atoms with E-state index in [1.54, 1.807) is 41.5 Å². The topological polar surface area (TPSA) is 118 Å². The third kappa shape index (κ3) is 5.56. The van der Waals surface area contributed by atoms with Crippen LogP contribution in [0.3, 0.4) is 0 Å². The lowest BCUT2D eigenvalue weighted by Gasteiger charge is -2.20. The summed E-state index contributed by atoms with van der Waals surface area (Å²) in [5.74, 6) is -0.261. The van der Waals surface area contributed by atoms with Gasteiger partial charge in [0.1, 0.15) is 5.82 Å². The molecule has 0 amide bonds. The Bertz CT molecular complexity index is 1390. The molecule has 0 aliphatic heterocycles. The Labute approximate surface area is 205 Å². The number of halogens is 2. The second kappa shape index (κ2) is 10.8. The molecule has 3 N–H and O–H groups in total. The third-order valence-corrected chi connectivity index (χ3v) is 5.79. The van der Waals surface area contributed by atoms with Gasteiger partial charge in [-0.3, -0.25) is 9.48 Å².